The van der Waals surface area contributed by atoms with Crippen LogP contribution in [-0.4, -0.2) is 17.4 Å². The highest BCUT2D eigenvalue weighted by atomic mass is 32.1. The molecule has 0 spiro atoms. The van der Waals surface area contributed by atoms with Gasteiger partial charge in [-0.1, -0.05) is 29.8 Å². The molecule has 0 bridgehead atoms. The second-order valence-corrected chi connectivity index (χ2v) is 8.68. The Kier molecular flexibility index (Phi) is 5.66. The van der Waals surface area contributed by atoms with Gasteiger partial charge in [0, 0.05) is 22.4 Å². The molecule has 0 aliphatic carbocycles. The maximum atomic E-state index is 12.8. The van der Waals surface area contributed by atoms with Gasteiger partial charge in [-0.2, -0.15) is 0 Å². The molecule has 0 radical (unpaired) electrons. The maximum Gasteiger partial charge on any atom is 0.266 e. The molecule has 0 atom stereocenters. The fourth-order valence-corrected chi connectivity index (χ4v) is 3.56. The van der Waals surface area contributed by atoms with Gasteiger partial charge in [-0.15, -0.1) is 11.3 Å². The van der Waals surface area contributed by atoms with Crippen molar-refractivity contribution < 1.29 is 9.59 Å². The first-order valence-corrected chi connectivity index (χ1v) is 9.99. The third-order valence-electron chi connectivity index (χ3n) is 4.13. The lowest BCUT2D eigenvalue weighted by Gasteiger charge is -2.20. The van der Waals surface area contributed by atoms with Gasteiger partial charge in [-0.3, -0.25) is 9.59 Å². The van der Waals surface area contributed by atoms with Gasteiger partial charge in [0.05, 0.1) is 4.88 Å². The molecule has 5 heteroatoms. The first-order chi connectivity index (χ1) is 13.2. The Hall–Kier alpha value is -2.92. The number of anilines is 1. The quantitative estimate of drug-likeness (QED) is 0.615. The summed E-state index contributed by atoms with van der Waals surface area (Å²) in [6.45, 7) is 7.85. The molecule has 3 aromatic rings. The second-order valence-electron chi connectivity index (χ2n) is 7.77. The van der Waals surface area contributed by atoms with Crippen LogP contribution < -0.4 is 10.6 Å². The van der Waals surface area contributed by atoms with Crippen LogP contribution in [0, 0.1) is 6.92 Å². The van der Waals surface area contributed by atoms with Crippen LogP contribution in [0.3, 0.4) is 0 Å². The van der Waals surface area contributed by atoms with Gasteiger partial charge < -0.3 is 10.6 Å². The SMILES string of the molecule is Cc1ccc(-c2ccsc2C(=O)Nc2ccc(C(=O)NC(C)(C)C)cc2)cc1. The van der Waals surface area contributed by atoms with E-state index in [1.807, 2.05) is 63.4 Å². The number of amides is 2. The van der Waals surface area contributed by atoms with Gasteiger partial charge in [-0.25, -0.2) is 0 Å². The third-order valence-corrected chi connectivity index (χ3v) is 5.04. The molecule has 28 heavy (non-hydrogen) atoms. The van der Waals surface area contributed by atoms with E-state index < -0.39 is 0 Å². The van der Waals surface area contributed by atoms with E-state index in [1.54, 1.807) is 24.3 Å². The maximum absolute atomic E-state index is 12.8. The molecule has 0 aliphatic heterocycles. The first kappa shape index (κ1) is 19.8. The summed E-state index contributed by atoms with van der Waals surface area (Å²) in [6, 6.07) is 17.0. The van der Waals surface area contributed by atoms with E-state index in [9.17, 15) is 9.59 Å². The van der Waals surface area contributed by atoms with Gasteiger partial charge in [0.2, 0.25) is 0 Å². The molecule has 2 N–H and O–H groups in total. The van der Waals surface area contributed by atoms with Crippen LogP contribution in [0.2, 0.25) is 0 Å². The van der Waals surface area contributed by atoms with E-state index in [0.29, 0.717) is 16.1 Å². The standard InChI is InChI=1S/C23H24N2O2S/c1-15-5-7-16(8-6-15)19-13-14-28-20(19)22(27)24-18-11-9-17(10-12-18)21(26)25-23(2,3)4/h5-14H,1-4H3,(H,24,27)(H,25,26). The number of hydrogen-bond acceptors (Lipinski definition) is 3. The number of rotatable bonds is 4. The lowest BCUT2D eigenvalue weighted by Crippen LogP contribution is -2.40. The summed E-state index contributed by atoms with van der Waals surface area (Å²) in [7, 11) is 0. The fourth-order valence-electron chi connectivity index (χ4n) is 2.75. The Morgan fingerprint density at radius 2 is 1.50 bits per heavy atom. The highest BCUT2D eigenvalue weighted by Gasteiger charge is 2.17. The van der Waals surface area contributed by atoms with Crippen molar-refractivity contribution in [1.82, 2.24) is 5.32 Å². The molecule has 0 aliphatic rings. The lowest BCUT2D eigenvalue weighted by atomic mass is 10.0. The molecule has 144 valence electrons. The van der Waals surface area contributed by atoms with Crippen molar-refractivity contribution in [3.8, 4) is 11.1 Å². The normalized spacial score (nSPS) is 11.1. The average Bonchev–Trinajstić information content (AvgIpc) is 3.11. The van der Waals surface area contributed by atoms with Gasteiger partial charge >= 0.3 is 0 Å². The molecule has 2 amide bonds. The Morgan fingerprint density at radius 1 is 0.857 bits per heavy atom. The molecule has 1 aromatic heterocycles. The minimum Gasteiger partial charge on any atom is -0.347 e. The molecule has 3 rings (SSSR count). The summed E-state index contributed by atoms with van der Waals surface area (Å²) in [5.41, 5.74) is 4.04. The van der Waals surface area contributed by atoms with Crippen LogP contribution in [0.5, 0.6) is 0 Å². The minimum absolute atomic E-state index is 0.134. The molecule has 0 saturated heterocycles. The van der Waals surface area contributed by atoms with E-state index in [-0.39, 0.29) is 17.4 Å². The number of thiophene rings is 1. The predicted molar refractivity (Wildman–Crippen MR) is 116 cm³/mol. The van der Waals surface area contributed by atoms with Crippen molar-refractivity contribution in [1.29, 1.82) is 0 Å². The van der Waals surface area contributed by atoms with Gasteiger partial charge in [-0.05, 0) is 69.0 Å². The van der Waals surface area contributed by atoms with Gasteiger partial charge in [0.15, 0.2) is 0 Å². The summed E-state index contributed by atoms with van der Waals surface area (Å²) < 4.78 is 0. The zero-order valence-electron chi connectivity index (χ0n) is 16.5. The fraction of sp³-hybridized carbons (Fsp3) is 0.217. The zero-order valence-corrected chi connectivity index (χ0v) is 17.3. The van der Waals surface area contributed by atoms with Crippen LogP contribution in [0.15, 0.2) is 60.0 Å². The van der Waals surface area contributed by atoms with Crippen molar-refractivity contribution in [3.63, 3.8) is 0 Å². The number of aryl methyl sites for hydroxylation is 1. The van der Waals surface area contributed by atoms with Crippen LogP contribution in [0.4, 0.5) is 5.69 Å². The Morgan fingerprint density at radius 3 is 2.11 bits per heavy atom. The van der Waals surface area contributed by atoms with E-state index >= 15 is 0 Å². The minimum atomic E-state index is -0.296. The molecule has 4 nitrogen and oxygen atoms in total. The zero-order chi connectivity index (χ0) is 20.3. The molecular formula is C23H24N2O2S. The summed E-state index contributed by atoms with van der Waals surface area (Å²) in [5, 5.41) is 7.76. The number of carbonyl (C=O) groups is 2. The van der Waals surface area contributed by atoms with Gasteiger partial charge in [0.25, 0.3) is 11.8 Å². The first-order valence-electron chi connectivity index (χ1n) is 9.11. The molecule has 0 unspecified atom stereocenters. The highest BCUT2D eigenvalue weighted by Crippen LogP contribution is 2.29. The summed E-state index contributed by atoms with van der Waals surface area (Å²) in [5.74, 6) is -0.289. The largest absolute Gasteiger partial charge is 0.347 e. The average molecular weight is 393 g/mol. The van der Waals surface area contributed by atoms with Crippen LogP contribution >= 0.6 is 11.3 Å². The van der Waals surface area contributed by atoms with E-state index in [4.69, 9.17) is 0 Å². The summed E-state index contributed by atoms with van der Waals surface area (Å²) >= 11 is 1.41. The summed E-state index contributed by atoms with van der Waals surface area (Å²) in [6.07, 6.45) is 0. The smallest absolute Gasteiger partial charge is 0.266 e. The molecule has 2 aromatic carbocycles. The molecule has 1 heterocycles. The topological polar surface area (TPSA) is 58.2 Å². The van der Waals surface area contributed by atoms with Crippen LogP contribution in [0.1, 0.15) is 46.4 Å². The molecule has 0 saturated carbocycles. The van der Waals surface area contributed by atoms with Crippen molar-refractivity contribution in [2.24, 2.45) is 0 Å². The Labute approximate surface area is 169 Å². The number of nitrogens with one attached hydrogen (secondary N) is 2. The number of benzene rings is 2. The number of hydrogen-bond donors (Lipinski definition) is 2. The van der Waals surface area contributed by atoms with Crippen LogP contribution in [0.25, 0.3) is 11.1 Å². The van der Waals surface area contributed by atoms with E-state index in [2.05, 4.69) is 10.6 Å². The van der Waals surface area contributed by atoms with Crippen molar-refractivity contribution in [3.05, 3.63) is 76.0 Å². The number of carbonyl (C=O) groups excluding carboxylic acids is 2. The van der Waals surface area contributed by atoms with Crippen LogP contribution in [-0.2, 0) is 0 Å². The Balaban J connectivity index is 1.73. The van der Waals surface area contributed by atoms with Crippen molar-refractivity contribution in [2.45, 2.75) is 33.2 Å². The second kappa shape index (κ2) is 7.98. The van der Waals surface area contributed by atoms with Gasteiger partial charge in [0.1, 0.15) is 0 Å². The van der Waals surface area contributed by atoms with Crippen molar-refractivity contribution in [2.75, 3.05) is 5.32 Å². The molecular weight excluding hydrogens is 368 g/mol. The predicted octanol–water partition coefficient (Wildman–Crippen LogP) is 5.50. The van der Waals surface area contributed by atoms with E-state index in [1.165, 1.54) is 16.9 Å². The molecule has 0 fully saturated rings. The van der Waals surface area contributed by atoms with Crippen molar-refractivity contribution >= 4 is 28.8 Å². The lowest BCUT2D eigenvalue weighted by molar-refractivity contribution is 0.0919. The monoisotopic (exact) mass is 392 g/mol. The third kappa shape index (κ3) is 4.87. The van der Waals surface area contributed by atoms with E-state index in [0.717, 1.165) is 11.1 Å². The summed E-state index contributed by atoms with van der Waals surface area (Å²) in [4.78, 5) is 25.6. The highest BCUT2D eigenvalue weighted by molar-refractivity contribution is 7.12. The Bertz CT molecular complexity index is 981.